The summed E-state index contributed by atoms with van der Waals surface area (Å²) in [6, 6.07) is 7.55. The summed E-state index contributed by atoms with van der Waals surface area (Å²) in [6.45, 7) is 2.25. The van der Waals surface area contributed by atoms with E-state index in [4.69, 9.17) is 16.7 Å². The predicted octanol–water partition coefficient (Wildman–Crippen LogP) is 2.57. The molecule has 1 N–H and O–H groups in total. The maximum Gasteiger partial charge on any atom is 0.305 e. The van der Waals surface area contributed by atoms with Crippen molar-refractivity contribution in [2.24, 2.45) is 0 Å². The summed E-state index contributed by atoms with van der Waals surface area (Å²) < 4.78 is 0. The van der Waals surface area contributed by atoms with Crippen LogP contribution in [0, 0.1) is 0 Å². The number of carboxylic acids is 1. The number of benzene rings is 1. The molecule has 0 saturated heterocycles. The van der Waals surface area contributed by atoms with Gasteiger partial charge < -0.3 is 14.9 Å². The molecule has 0 saturated carbocycles. The van der Waals surface area contributed by atoms with E-state index in [0.29, 0.717) is 11.6 Å². The SMILES string of the molecule is CN(C)CCCN(CCC(=O)O)c1ccccc1Cl. The topological polar surface area (TPSA) is 43.8 Å². The zero-order valence-corrected chi connectivity index (χ0v) is 12.2. The number of anilines is 1. The standard InChI is InChI=1S/C14H21ClN2O2/c1-16(2)9-5-10-17(11-8-14(18)19)13-7-4-3-6-12(13)15/h3-4,6-7H,5,8-11H2,1-2H3,(H,18,19). The molecule has 1 aromatic rings. The van der Waals surface area contributed by atoms with Crippen molar-refractivity contribution in [3.63, 3.8) is 0 Å². The minimum atomic E-state index is -0.787. The van der Waals surface area contributed by atoms with E-state index >= 15 is 0 Å². The Bertz CT molecular complexity index is 410. The fourth-order valence-corrected chi connectivity index (χ4v) is 2.12. The lowest BCUT2D eigenvalue weighted by Crippen LogP contribution is -2.29. The zero-order chi connectivity index (χ0) is 14.3. The lowest BCUT2D eigenvalue weighted by atomic mass is 10.2. The van der Waals surface area contributed by atoms with Gasteiger partial charge in [0.2, 0.25) is 0 Å². The van der Waals surface area contributed by atoms with E-state index in [1.54, 1.807) is 0 Å². The number of hydrogen-bond acceptors (Lipinski definition) is 3. The maximum absolute atomic E-state index is 10.7. The first-order valence-corrected chi connectivity index (χ1v) is 6.74. The van der Waals surface area contributed by atoms with Crippen LogP contribution in [0.3, 0.4) is 0 Å². The summed E-state index contributed by atoms with van der Waals surface area (Å²) in [6.07, 6.45) is 1.09. The molecule has 0 aliphatic rings. The van der Waals surface area contributed by atoms with Crippen LogP contribution in [0.1, 0.15) is 12.8 Å². The van der Waals surface area contributed by atoms with Crippen molar-refractivity contribution in [1.82, 2.24) is 4.90 Å². The smallest absolute Gasteiger partial charge is 0.305 e. The molecule has 19 heavy (non-hydrogen) atoms. The average molecular weight is 285 g/mol. The van der Waals surface area contributed by atoms with E-state index in [2.05, 4.69) is 4.90 Å². The van der Waals surface area contributed by atoms with Gasteiger partial charge in [0, 0.05) is 13.1 Å². The van der Waals surface area contributed by atoms with Crippen LogP contribution in [0.4, 0.5) is 5.69 Å². The fourth-order valence-electron chi connectivity index (χ4n) is 1.87. The largest absolute Gasteiger partial charge is 0.481 e. The molecule has 4 nitrogen and oxygen atoms in total. The van der Waals surface area contributed by atoms with E-state index in [9.17, 15) is 4.79 Å². The van der Waals surface area contributed by atoms with Crippen LogP contribution < -0.4 is 4.90 Å². The van der Waals surface area contributed by atoms with Gasteiger partial charge in [0.1, 0.15) is 0 Å². The molecule has 0 spiro atoms. The lowest BCUT2D eigenvalue weighted by molar-refractivity contribution is -0.136. The van der Waals surface area contributed by atoms with Crippen LogP contribution in [0.25, 0.3) is 0 Å². The number of aliphatic carboxylic acids is 1. The molecule has 0 atom stereocenters. The van der Waals surface area contributed by atoms with Crippen LogP contribution in [-0.2, 0) is 4.79 Å². The first-order chi connectivity index (χ1) is 9.00. The van der Waals surface area contributed by atoms with Gasteiger partial charge in [-0.2, -0.15) is 0 Å². The van der Waals surface area contributed by atoms with E-state index < -0.39 is 5.97 Å². The summed E-state index contributed by atoms with van der Waals surface area (Å²) in [5.41, 5.74) is 0.907. The highest BCUT2D eigenvalue weighted by molar-refractivity contribution is 6.33. The molecule has 0 unspecified atom stereocenters. The molecule has 106 valence electrons. The van der Waals surface area contributed by atoms with E-state index in [0.717, 1.165) is 25.2 Å². The molecule has 0 bridgehead atoms. The van der Waals surface area contributed by atoms with Crippen LogP contribution in [0.2, 0.25) is 5.02 Å². The number of para-hydroxylation sites is 1. The molecule has 1 rings (SSSR count). The van der Waals surface area contributed by atoms with Crippen LogP contribution in [0.15, 0.2) is 24.3 Å². The molecule has 0 fully saturated rings. The molecule has 0 aromatic heterocycles. The second-order valence-electron chi connectivity index (χ2n) is 4.74. The zero-order valence-electron chi connectivity index (χ0n) is 11.5. The normalized spacial score (nSPS) is 10.7. The van der Waals surface area contributed by atoms with Crippen molar-refractivity contribution < 1.29 is 9.90 Å². The summed E-state index contributed by atoms with van der Waals surface area (Å²) in [4.78, 5) is 14.9. The Morgan fingerprint density at radius 1 is 1.21 bits per heavy atom. The summed E-state index contributed by atoms with van der Waals surface area (Å²) in [5, 5.41) is 9.49. The molecule has 0 amide bonds. The Morgan fingerprint density at radius 3 is 2.47 bits per heavy atom. The monoisotopic (exact) mass is 284 g/mol. The minimum Gasteiger partial charge on any atom is -0.481 e. The Kier molecular flexibility index (Phi) is 6.67. The number of carboxylic acid groups (broad SMARTS) is 1. The van der Waals surface area contributed by atoms with Crippen LogP contribution >= 0.6 is 11.6 Å². The quantitative estimate of drug-likeness (QED) is 0.797. The Balaban J connectivity index is 2.68. The van der Waals surface area contributed by atoms with Crippen molar-refractivity contribution in [2.75, 3.05) is 38.6 Å². The maximum atomic E-state index is 10.7. The average Bonchev–Trinajstić information content (AvgIpc) is 2.34. The fraction of sp³-hybridized carbons (Fsp3) is 0.500. The number of halogens is 1. The summed E-state index contributed by atoms with van der Waals surface area (Å²) in [5.74, 6) is -0.787. The number of carbonyl (C=O) groups is 1. The van der Waals surface area contributed by atoms with Crippen molar-refractivity contribution >= 4 is 23.3 Å². The van der Waals surface area contributed by atoms with Crippen LogP contribution in [0.5, 0.6) is 0 Å². The van der Waals surface area contributed by atoms with Crippen molar-refractivity contribution in [3.8, 4) is 0 Å². The van der Waals surface area contributed by atoms with Crippen molar-refractivity contribution in [1.29, 1.82) is 0 Å². The van der Waals surface area contributed by atoms with Crippen molar-refractivity contribution in [2.45, 2.75) is 12.8 Å². The first kappa shape index (κ1) is 15.8. The van der Waals surface area contributed by atoms with Gasteiger partial charge in [-0.3, -0.25) is 4.79 Å². The van der Waals surface area contributed by atoms with E-state index in [-0.39, 0.29) is 6.42 Å². The van der Waals surface area contributed by atoms with Gasteiger partial charge in [-0.25, -0.2) is 0 Å². The molecule has 1 aromatic carbocycles. The molecule has 0 aliphatic carbocycles. The highest BCUT2D eigenvalue weighted by Crippen LogP contribution is 2.25. The van der Waals surface area contributed by atoms with Crippen molar-refractivity contribution in [3.05, 3.63) is 29.3 Å². The molecular formula is C14H21ClN2O2. The van der Waals surface area contributed by atoms with Gasteiger partial charge in [-0.15, -0.1) is 0 Å². The highest BCUT2D eigenvalue weighted by Gasteiger charge is 2.11. The lowest BCUT2D eigenvalue weighted by Gasteiger charge is -2.26. The minimum absolute atomic E-state index is 0.118. The number of hydrogen-bond donors (Lipinski definition) is 1. The summed E-state index contributed by atoms with van der Waals surface area (Å²) in [7, 11) is 4.05. The molecule has 5 heteroatoms. The Morgan fingerprint density at radius 2 is 1.89 bits per heavy atom. The van der Waals surface area contributed by atoms with Gasteiger partial charge in [-0.05, 0) is 39.2 Å². The van der Waals surface area contributed by atoms with Gasteiger partial charge in [0.15, 0.2) is 0 Å². The molecule has 0 radical (unpaired) electrons. The summed E-state index contributed by atoms with van der Waals surface area (Å²) >= 11 is 6.18. The Labute approximate surface area is 119 Å². The number of rotatable bonds is 8. The third-order valence-corrected chi connectivity index (χ3v) is 3.14. The second-order valence-corrected chi connectivity index (χ2v) is 5.15. The van der Waals surface area contributed by atoms with Gasteiger partial charge in [-0.1, -0.05) is 23.7 Å². The van der Waals surface area contributed by atoms with E-state index in [1.807, 2.05) is 43.3 Å². The van der Waals surface area contributed by atoms with Gasteiger partial charge >= 0.3 is 5.97 Å². The second kappa shape index (κ2) is 8.02. The predicted molar refractivity (Wildman–Crippen MR) is 79.1 cm³/mol. The van der Waals surface area contributed by atoms with E-state index in [1.165, 1.54) is 0 Å². The Hall–Kier alpha value is -1.26. The molecule has 0 heterocycles. The highest BCUT2D eigenvalue weighted by atomic mass is 35.5. The third-order valence-electron chi connectivity index (χ3n) is 2.82. The number of nitrogens with zero attached hydrogens (tertiary/aromatic N) is 2. The first-order valence-electron chi connectivity index (χ1n) is 6.36. The third kappa shape index (κ3) is 5.94. The van der Waals surface area contributed by atoms with Crippen LogP contribution in [-0.4, -0.2) is 49.7 Å². The molecular weight excluding hydrogens is 264 g/mol. The molecule has 0 aliphatic heterocycles. The van der Waals surface area contributed by atoms with Gasteiger partial charge in [0.25, 0.3) is 0 Å². The van der Waals surface area contributed by atoms with Gasteiger partial charge in [0.05, 0.1) is 17.1 Å².